The maximum atomic E-state index is 13.2. The van der Waals surface area contributed by atoms with E-state index in [-0.39, 0.29) is 5.91 Å². The van der Waals surface area contributed by atoms with E-state index in [1.54, 1.807) is 7.11 Å². The van der Waals surface area contributed by atoms with Crippen LogP contribution in [0.3, 0.4) is 0 Å². The summed E-state index contributed by atoms with van der Waals surface area (Å²) in [6, 6.07) is 11.7. The highest BCUT2D eigenvalue weighted by Gasteiger charge is 2.32. The van der Waals surface area contributed by atoms with Crippen molar-refractivity contribution in [3.05, 3.63) is 42.0 Å². The quantitative estimate of drug-likeness (QED) is 0.671. The Morgan fingerprint density at radius 3 is 2.76 bits per heavy atom. The van der Waals surface area contributed by atoms with Gasteiger partial charge in [0.1, 0.15) is 5.75 Å². The fourth-order valence-electron chi connectivity index (χ4n) is 3.54. The summed E-state index contributed by atoms with van der Waals surface area (Å²) in [4.78, 5) is 22.0. The van der Waals surface area contributed by atoms with Gasteiger partial charge in [0.05, 0.1) is 29.4 Å². The molecule has 128 valence electrons. The molecule has 0 unspecified atom stereocenters. The van der Waals surface area contributed by atoms with Gasteiger partial charge in [-0.05, 0) is 57.4 Å². The van der Waals surface area contributed by atoms with Crippen LogP contribution in [0, 0.1) is 0 Å². The average Bonchev–Trinajstić information content (AvgIpc) is 2.89. The third kappa shape index (κ3) is 2.51. The molecule has 2 heterocycles. The molecule has 0 spiro atoms. The Labute approximate surface area is 146 Å². The minimum absolute atomic E-state index is 0.0607. The fourth-order valence-corrected chi connectivity index (χ4v) is 3.54. The number of aromatic nitrogens is 1. The molecule has 1 aliphatic rings. The van der Waals surface area contributed by atoms with E-state index in [0.717, 1.165) is 51.8 Å². The van der Waals surface area contributed by atoms with Gasteiger partial charge in [-0.15, -0.1) is 0 Å². The second kappa shape index (κ2) is 6.01. The first-order chi connectivity index (χ1) is 12.1. The number of methoxy groups -OCH3 is 1. The highest BCUT2D eigenvalue weighted by molar-refractivity contribution is 6.30. The van der Waals surface area contributed by atoms with Crippen LogP contribution in [0.5, 0.6) is 5.75 Å². The standard InChI is InChI=1S/C20H21N3O2/c1-22(2)10-5-11-23-17-7-4-6-16-19(17)18(20(23)24)14-12-13(25-3)8-9-15(14)21-16/h4,6-9,12H,5,10-11H2,1-3H3. The molecular weight excluding hydrogens is 314 g/mol. The zero-order chi connectivity index (χ0) is 17.6. The van der Waals surface area contributed by atoms with Crippen LogP contribution in [0.25, 0.3) is 21.8 Å². The van der Waals surface area contributed by atoms with Gasteiger partial charge in [0.25, 0.3) is 5.91 Å². The number of nitrogens with zero attached hydrogens (tertiary/aromatic N) is 3. The van der Waals surface area contributed by atoms with Crippen LogP contribution in [0.4, 0.5) is 5.69 Å². The fraction of sp³-hybridized carbons (Fsp3) is 0.300. The lowest BCUT2D eigenvalue weighted by Crippen LogP contribution is -2.30. The molecule has 0 saturated heterocycles. The van der Waals surface area contributed by atoms with Crippen molar-refractivity contribution in [2.75, 3.05) is 39.2 Å². The predicted molar refractivity (Wildman–Crippen MR) is 101 cm³/mol. The number of benzene rings is 2. The summed E-state index contributed by atoms with van der Waals surface area (Å²) in [7, 11) is 5.73. The van der Waals surface area contributed by atoms with E-state index >= 15 is 0 Å². The Morgan fingerprint density at radius 2 is 2.00 bits per heavy atom. The van der Waals surface area contributed by atoms with E-state index in [9.17, 15) is 4.79 Å². The third-order valence-electron chi connectivity index (χ3n) is 4.72. The van der Waals surface area contributed by atoms with Crippen LogP contribution >= 0.6 is 0 Å². The molecule has 2 aromatic carbocycles. The van der Waals surface area contributed by atoms with Crippen molar-refractivity contribution in [1.29, 1.82) is 0 Å². The summed E-state index contributed by atoms with van der Waals surface area (Å²) in [5, 5.41) is 1.82. The molecule has 0 atom stereocenters. The van der Waals surface area contributed by atoms with Gasteiger partial charge >= 0.3 is 0 Å². The maximum Gasteiger partial charge on any atom is 0.259 e. The SMILES string of the molecule is COc1ccc2nc3cccc4c3c(c2c1)C(=O)N4CCCN(C)C. The van der Waals surface area contributed by atoms with E-state index < -0.39 is 0 Å². The van der Waals surface area contributed by atoms with Gasteiger partial charge in [-0.2, -0.15) is 0 Å². The van der Waals surface area contributed by atoms with Gasteiger partial charge in [0.2, 0.25) is 0 Å². The summed E-state index contributed by atoms with van der Waals surface area (Å²) < 4.78 is 5.35. The smallest absolute Gasteiger partial charge is 0.259 e. The molecule has 25 heavy (non-hydrogen) atoms. The number of ether oxygens (including phenoxy) is 1. The minimum Gasteiger partial charge on any atom is -0.497 e. The number of fused-ring (bicyclic) bond motifs is 2. The lowest BCUT2D eigenvalue weighted by atomic mass is 10.0. The monoisotopic (exact) mass is 335 g/mol. The molecule has 3 aromatic rings. The number of pyridine rings is 1. The molecule has 1 aromatic heterocycles. The van der Waals surface area contributed by atoms with Crippen LogP contribution in [-0.4, -0.2) is 50.1 Å². The third-order valence-corrected chi connectivity index (χ3v) is 4.72. The molecule has 5 nitrogen and oxygen atoms in total. The van der Waals surface area contributed by atoms with E-state index in [0.29, 0.717) is 6.54 Å². The average molecular weight is 335 g/mol. The van der Waals surface area contributed by atoms with Crippen molar-refractivity contribution in [3.63, 3.8) is 0 Å². The zero-order valence-electron chi connectivity index (χ0n) is 14.7. The van der Waals surface area contributed by atoms with Crippen molar-refractivity contribution < 1.29 is 9.53 Å². The molecule has 5 heteroatoms. The van der Waals surface area contributed by atoms with Crippen LogP contribution in [0.1, 0.15) is 16.8 Å². The van der Waals surface area contributed by atoms with Crippen molar-refractivity contribution in [2.24, 2.45) is 0 Å². The molecule has 0 N–H and O–H groups in total. The van der Waals surface area contributed by atoms with Gasteiger partial charge in [0, 0.05) is 17.3 Å². The van der Waals surface area contributed by atoms with Gasteiger partial charge in [0.15, 0.2) is 0 Å². The first kappa shape index (κ1) is 15.8. The van der Waals surface area contributed by atoms with Crippen molar-refractivity contribution >= 4 is 33.4 Å². The Morgan fingerprint density at radius 1 is 1.16 bits per heavy atom. The van der Waals surface area contributed by atoms with Crippen LogP contribution < -0.4 is 9.64 Å². The molecular formula is C20H21N3O2. The van der Waals surface area contributed by atoms with Crippen molar-refractivity contribution in [3.8, 4) is 5.75 Å². The second-order valence-corrected chi connectivity index (χ2v) is 6.65. The molecule has 0 aliphatic carbocycles. The topological polar surface area (TPSA) is 45.7 Å². The minimum atomic E-state index is 0.0607. The van der Waals surface area contributed by atoms with Gasteiger partial charge in [-0.3, -0.25) is 4.79 Å². The van der Waals surface area contributed by atoms with Crippen LogP contribution in [0.15, 0.2) is 36.4 Å². The summed E-state index contributed by atoms with van der Waals surface area (Å²) in [5.74, 6) is 0.798. The van der Waals surface area contributed by atoms with Crippen molar-refractivity contribution in [1.82, 2.24) is 9.88 Å². The normalized spacial score (nSPS) is 13.4. The van der Waals surface area contributed by atoms with E-state index in [4.69, 9.17) is 9.72 Å². The molecule has 0 saturated carbocycles. The number of hydrogen-bond donors (Lipinski definition) is 0. The predicted octanol–water partition coefficient (Wildman–Crippen LogP) is 3.31. The largest absolute Gasteiger partial charge is 0.497 e. The first-order valence-electron chi connectivity index (χ1n) is 8.47. The lowest BCUT2D eigenvalue weighted by molar-refractivity contribution is 0.0993. The maximum absolute atomic E-state index is 13.2. The highest BCUT2D eigenvalue weighted by Crippen LogP contribution is 2.40. The molecule has 0 fully saturated rings. The Hall–Kier alpha value is -2.66. The van der Waals surface area contributed by atoms with Gasteiger partial charge in [-0.25, -0.2) is 4.98 Å². The second-order valence-electron chi connectivity index (χ2n) is 6.65. The van der Waals surface area contributed by atoms with Crippen molar-refractivity contribution in [2.45, 2.75) is 6.42 Å². The van der Waals surface area contributed by atoms with E-state index in [1.165, 1.54) is 0 Å². The number of carbonyl (C=O) groups is 1. The van der Waals surface area contributed by atoms with Gasteiger partial charge in [-0.1, -0.05) is 6.07 Å². The lowest BCUT2D eigenvalue weighted by Gasteiger charge is -2.19. The molecule has 0 bridgehead atoms. The summed E-state index contributed by atoms with van der Waals surface area (Å²) in [5.41, 5.74) is 3.41. The Balaban J connectivity index is 1.88. The highest BCUT2D eigenvalue weighted by atomic mass is 16.5. The number of amides is 1. The molecule has 1 amide bonds. The molecule has 0 radical (unpaired) electrons. The Kier molecular flexibility index (Phi) is 3.81. The summed E-state index contributed by atoms with van der Waals surface area (Å²) in [6.07, 6.45) is 0.928. The number of carbonyl (C=O) groups excluding carboxylic acids is 1. The number of anilines is 1. The molecule has 4 rings (SSSR count). The zero-order valence-corrected chi connectivity index (χ0v) is 14.7. The van der Waals surface area contributed by atoms with E-state index in [1.807, 2.05) is 55.4 Å². The van der Waals surface area contributed by atoms with E-state index in [2.05, 4.69) is 4.90 Å². The Bertz CT molecular complexity index is 981. The number of rotatable bonds is 5. The first-order valence-corrected chi connectivity index (χ1v) is 8.47. The van der Waals surface area contributed by atoms with Crippen LogP contribution in [0.2, 0.25) is 0 Å². The van der Waals surface area contributed by atoms with Gasteiger partial charge < -0.3 is 14.5 Å². The molecule has 1 aliphatic heterocycles. The number of hydrogen-bond acceptors (Lipinski definition) is 4. The van der Waals surface area contributed by atoms with Crippen LogP contribution in [-0.2, 0) is 0 Å². The summed E-state index contributed by atoms with van der Waals surface area (Å²) >= 11 is 0. The summed E-state index contributed by atoms with van der Waals surface area (Å²) in [6.45, 7) is 1.65.